The van der Waals surface area contributed by atoms with Gasteiger partial charge in [-0.05, 0) is 142 Å². The van der Waals surface area contributed by atoms with E-state index in [0.717, 1.165) is 82.6 Å². The minimum Gasteiger partial charge on any atom is -0.481 e. The summed E-state index contributed by atoms with van der Waals surface area (Å²) in [4.78, 5) is 52.3. The van der Waals surface area contributed by atoms with Gasteiger partial charge in [0.25, 0.3) is 0 Å². The number of carbonyl (C=O) groups is 4. The minimum absolute atomic E-state index is 0.0294. The molecule has 1 amide bonds. The summed E-state index contributed by atoms with van der Waals surface area (Å²) < 4.78 is 12.2. The van der Waals surface area contributed by atoms with Crippen molar-refractivity contribution in [2.75, 3.05) is 0 Å². The summed E-state index contributed by atoms with van der Waals surface area (Å²) in [7, 11) is 0. The number of ketones is 1. The van der Waals surface area contributed by atoms with Gasteiger partial charge in [-0.3, -0.25) is 14.4 Å². The average Bonchev–Trinajstić information content (AvgIpc) is 3.30. The third-order valence-electron chi connectivity index (χ3n) is 16.0. The van der Waals surface area contributed by atoms with Crippen molar-refractivity contribution in [1.82, 2.24) is 5.32 Å². The van der Waals surface area contributed by atoms with E-state index in [0.29, 0.717) is 18.3 Å². The Morgan fingerprint density at radius 2 is 1.52 bits per heavy atom. The van der Waals surface area contributed by atoms with E-state index >= 15 is 0 Å². The number of hydrogen-bond acceptors (Lipinski definition) is 6. The number of rotatable bonds is 7. The maximum Gasteiger partial charge on any atom is 0.408 e. The van der Waals surface area contributed by atoms with Gasteiger partial charge in [-0.1, -0.05) is 54.9 Å². The Hall–Kier alpha value is -2.38. The van der Waals surface area contributed by atoms with Crippen LogP contribution < -0.4 is 5.32 Å². The number of allylic oxidation sites excluding steroid dienone is 1. The molecule has 280 valence electrons. The van der Waals surface area contributed by atoms with Gasteiger partial charge >= 0.3 is 18.0 Å². The molecule has 8 nitrogen and oxygen atoms in total. The highest BCUT2D eigenvalue weighted by Gasteiger charge is 2.70. The number of esters is 1. The Labute approximate surface area is 300 Å². The second-order valence-electron chi connectivity index (χ2n) is 19.8. The fourth-order valence-corrected chi connectivity index (χ4v) is 13.1. The molecule has 50 heavy (non-hydrogen) atoms. The van der Waals surface area contributed by atoms with Gasteiger partial charge in [-0.15, -0.1) is 0 Å². The first-order chi connectivity index (χ1) is 23.2. The van der Waals surface area contributed by atoms with Gasteiger partial charge < -0.3 is 19.9 Å². The van der Waals surface area contributed by atoms with Crippen molar-refractivity contribution in [2.45, 2.75) is 176 Å². The van der Waals surface area contributed by atoms with Crippen molar-refractivity contribution in [3.63, 3.8) is 0 Å². The zero-order valence-electron chi connectivity index (χ0n) is 32.5. The number of Topliss-reactive ketones (excluding diaryl/α,β-unsaturated/α-hetero) is 1. The fourth-order valence-electron chi connectivity index (χ4n) is 13.1. The smallest absolute Gasteiger partial charge is 0.408 e. The van der Waals surface area contributed by atoms with E-state index in [1.807, 2.05) is 0 Å². The molecule has 5 fully saturated rings. The Morgan fingerprint density at radius 3 is 2.16 bits per heavy atom. The summed E-state index contributed by atoms with van der Waals surface area (Å²) >= 11 is 0. The van der Waals surface area contributed by atoms with E-state index in [4.69, 9.17) is 9.47 Å². The molecule has 0 saturated heterocycles. The van der Waals surface area contributed by atoms with Crippen LogP contribution in [0, 0.1) is 50.7 Å². The van der Waals surface area contributed by atoms with Gasteiger partial charge in [-0.2, -0.15) is 0 Å². The topological polar surface area (TPSA) is 119 Å². The summed E-state index contributed by atoms with van der Waals surface area (Å²) in [5, 5.41) is 13.0. The molecule has 0 spiro atoms. The van der Waals surface area contributed by atoms with Crippen LogP contribution in [0.2, 0.25) is 0 Å². The standard InChI is InChI=1S/C42H65NO7/c1-25(2)33-28(44)23-42(43-36(48)49-26-13-11-10-12-14-26)22-21-40(8)27(34(33)42)15-16-30-39(7)19-18-31(50-32(45)24-37(3,4)35(46)47)38(5,6)29(39)17-20-41(30,40)9/h25-27,29-31H,10-24H2,1-9H3,(H,43,48)(H,46,47)/t27-,29+,30-,31+,39+,40-,41-,42-/m1/s1. The van der Waals surface area contributed by atoms with Gasteiger partial charge in [0.15, 0.2) is 5.78 Å². The highest BCUT2D eigenvalue weighted by molar-refractivity contribution is 6.02. The first kappa shape index (κ1) is 37.4. The Balaban J connectivity index is 1.27. The molecule has 5 saturated carbocycles. The van der Waals surface area contributed by atoms with Crippen LogP contribution in [0.25, 0.3) is 0 Å². The summed E-state index contributed by atoms with van der Waals surface area (Å²) in [6, 6.07) is 0. The second kappa shape index (κ2) is 12.6. The molecule has 0 unspecified atom stereocenters. The summed E-state index contributed by atoms with van der Waals surface area (Å²) in [5.41, 5.74) is 0.184. The highest BCUT2D eigenvalue weighted by atomic mass is 16.6. The molecule has 0 bridgehead atoms. The lowest BCUT2D eigenvalue weighted by Gasteiger charge is -2.72. The van der Waals surface area contributed by atoms with Gasteiger partial charge in [-0.25, -0.2) is 4.79 Å². The van der Waals surface area contributed by atoms with Crippen LogP contribution in [0.3, 0.4) is 0 Å². The maximum absolute atomic E-state index is 13.9. The molecule has 0 aromatic carbocycles. The molecule has 6 aliphatic carbocycles. The molecule has 0 aliphatic heterocycles. The second-order valence-corrected chi connectivity index (χ2v) is 19.8. The Kier molecular flexibility index (Phi) is 9.45. The molecular weight excluding hydrogens is 630 g/mol. The number of fused-ring (bicyclic) bond motifs is 7. The molecule has 8 heteroatoms. The van der Waals surface area contributed by atoms with Crippen molar-refractivity contribution in [3.05, 3.63) is 11.1 Å². The van der Waals surface area contributed by atoms with E-state index in [1.165, 1.54) is 12.0 Å². The molecule has 0 heterocycles. The predicted octanol–water partition coefficient (Wildman–Crippen LogP) is 9.19. The van der Waals surface area contributed by atoms with Crippen LogP contribution in [0.15, 0.2) is 11.1 Å². The van der Waals surface area contributed by atoms with Crippen molar-refractivity contribution in [3.8, 4) is 0 Å². The van der Waals surface area contributed by atoms with E-state index in [1.54, 1.807) is 13.8 Å². The SMILES string of the molecule is CC(C)C1=C2[C@H]3CC[C@@H]4[C@@]5(C)CC[C@H](OC(=O)CC(C)(C)C(=O)O)C(C)(C)[C@@H]5CC[C@@]4(C)[C@]3(C)CC[C@@]2(NC(=O)OC2CCCCC2)CC1=O. The largest absolute Gasteiger partial charge is 0.481 e. The van der Waals surface area contributed by atoms with Crippen LogP contribution >= 0.6 is 0 Å². The number of nitrogens with one attached hydrogen (secondary N) is 1. The molecular formula is C42H65NO7. The summed E-state index contributed by atoms with van der Waals surface area (Å²) in [5.74, 6) is -0.0557. The van der Waals surface area contributed by atoms with E-state index in [-0.39, 0.29) is 64.0 Å². The number of alkyl carbamates (subject to hydrolysis) is 1. The number of hydrogen-bond donors (Lipinski definition) is 2. The third kappa shape index (κ3) is 5.76. The summed E-state index contributed by atoms with van der Waals surface area (Å²) in [6.45, 7) is 19.5. The van der Waals surface area contributed by atoms with E-state index in [2.05, 4.69) is 53.8 Å². The average molecular weight is 696 g/mol. The molecule has 6 aliphatic rings. The van der Waals surface area contributed by atoms with Gasteiger partial charge in [0.05, 0.1) is 17.4 Å². The van der Waals surface area contributed by atoms with E-state index < -0.39 is 22.9 Å². The number of carbonyl (C=O) groups excluding carboxylic acids is 3. The lowest BCUT2D eigenvalue weighted by Crippen LogP contribution is -2.67. The van der Waals surface area contributed by atoms with Gasteiger partial charge in [0.2, 0.25) is 0 Å². The normalized spacial score (nSPS) is 39.9. The Bertz CT molecular complexity index is 1440. The van der Waals surface area contributed by atoms with Crippen LogP contribution in [-0.2, 0) is 23.9 Å². The van der Waals surface area contributed by atoms with Crippen molar-refractivity contribution < 1.29 is 33.8 Å². The number of carboxylic acid groups (broad SMARTS) is 1. The van der Waals surface area contributed by atoms with Crippen molar-refractivity contribution >= 4 is 23.8 Å². The van der Waals surface area contributed by atoms with Crippen LogP contribution in [0.5, 0.6) is 0 Å². The minimum atomic E-state index is -1.16. The van der Waals surface area contributed by atoms with Crippen molar-refractivity contribution in [2.24, 2.45) is 50.7 Å². The molecule has 0 radical (unpaired) electrons. The van der Waals surface area contributed by atoms with Gasteiger partial charge in [0.1, 0.15) is 12.2 Å². The monoisotopic (exact) mass is 695 g/mol. The quantitative estimate of drug-likeness (QED) is 0.255. The van der Waals surface area contributed by atoms with Crippen LogP contribution in [-0.4, -0.2) is 46.7 Å². The number of aliphatic carboxylic acids is 1. The predicted molar refractivity (Wildman–Crippen MR) is 192 cm³/mol. The molecule has 0 aromatic rings. The summed E-state index contributed by atoms with van der Waals surface area (Å²) in [6.07, 6.45) is 12.5. The Morgan fingerprint density at radius 1 is 0.840 bits per heavy atom. The molecule has 0 aromatic heterocycles. The van der Waals surface area contributed by atoms with Crippen LogP contribution in [0.4, 0.5) is 4.79 Å². The van der Waals surface area contributed by atoms with Crippen LogP contribution in [0.1, 0.15) is 159 Å². The maximum atomic E-state index is 13.9. The molecule has 8 atom stereocenters. The van der Waals surface area contributed by atoms with Crippen molar-refractivity contribution in [1.29, 1.82) is 0 Å². The fraction of sp³-hybridized carbons (Fsp3) is 0.857. The lowest BCUT2D eigenvalue weighted by molar-refractivity contribution is -0.232. The number of amides is 1. The lowest BCUT2D eigenvalue weighted by atomic mass is 9.33. The third-order valence-corrected chi connectivity index (χ3v) is 16.0. The zero-order chi connectivity index (χ0) is 36.7. The van der Waals surface area contributed by atoms with Gasteiger partial charge in [0, 0.05) is 11.8 Å². The van der Waals surface area contributed by atoms with E-state index in [9.17, 15) is 24.3 Å². The first-order valence-electron chi connectivity index (χ1n) is 19.9. The number of carboxylic acids is 1. The zero-order valence-corrected chi connectivity index (χ0v) is 32.5. The molecule has 6 rings (SSSR count). The first-order valence-corrected chi connectivity index (χ1v) is 19.9. The number of ether oxygens (including phenoxy) is 2. The highest BCUT2D eigenvalue weighted by Crippen LogP contribution is 2.76. The molecule has 2 N–H and O–H groups in total.